The van der Waals surface area contributed by atoms with Crippen LogP contribution >= 0.6 is 11.6 Å². The summed E-state index contributed by atoms with van der Waals surface area (Å²) in [6.07, 6.45) is 0. The normalized spacial score (nSPS) is 17.2. The number of rotatable bonds is 4. The Kier molecular flexibility index (Phi) is 5.41. The van der Waals surface area contributed by atoms with E-state index in [4.69, 9.17) is 16.1 Å². The molecule has 2 aromatic rings. The highest BCUT2D eigenvalue weighted by atomic mass is 35.5. The fourth-order valence-electron chi connectivity index (χ4n) is 2.81. The number of hydrogen-bond acceptors (Lipinski definition) is 5. The number of aromatic nitrogens is 2. The van der Waals surface area contributed by atoms with E-state index in [1.165, 1.54) is 12.1 Å². The molecule has 0 bridgehead atoms. The van der Waals surface area contributed by atoms with Crippen LogP contribution in [0.3, 0.4) is 0 Å². The predicted octanol–water partition coefficient (Wildman–Crippen LogP) is 3.48. The first-order valence-corrected chi connectivity index (χ1v) is 8.91. The Morgan fingerprint density at radius 3 is 2.32 bits per heavy atom. The van der Waals surface area contributed by atoms with Gasteiger partial charge in [0.1, 0.15) is 5.82 Å². The van der Waals surface area contributed by atoms with Crippen LogP contribution in [0.4, 0.5) is 4.39 Å². The molecule has 136 valence electrons. The van der Waals surface area contributed by atoms with E-state index < -0.39 is 0 Å². The summed E-state index contributed by atoms with van der Waals surface area (Å²) in [7, 11) is 0. The van der Waals surface area contributed by atoms with Crippen molar-refractivity contribution in [3.05, 3.63) is 46.3 Å². The Balaban J connectivity index is 1.51. The standard InChI is InChI=1S/C18H24ClFN4O/c1-18(2,3)17-21-16(25-22-17)12-24-8-6-23(7-9-24)11-13-4-5-14(20)10-15(13)19/h4-5,10H,6-9,11-12H2,1-3H3. The molecule has 1 fully saturated rings. The molecule has 1 aromatic carbocycles. The quantitative estimate of drug-likeness (QED) is 0.829. The van der Waals surface area contributed by atoms with Crippen LogP contribution in [0, 0.1) is 5.82 Å². The molecule has 0 radical (unpaired) electrons. The van der Waals surface area contributed by atoms with Gasteiger partial charge in [0.25, 0.3) is 0 Å². The van der Waals surface area contributed by atoms with Gasteiger partial charge in [-0.1, -0.05) is 43.6 Å². The molecule has 0 saturated carbocycles. The lowest BCUT2D eigenvalue weighted by molar-refractivity contribution is 0.112. The van der Waals surface area contributed by atoms with Gasteiger partial charge >= 0.3 is 0 Å². The number of halogens is 2. The summed E-state index contributed by atoms with van der Waals surface area (Å²) >= 11 is 6.12. The number of hydrogen-bond donors (Lipinski definition) is 0. The van der Waals surface area contributed by atoms with Crippen LogP contribution in [0.25, 0.3) is 0 Å². The summed E-state index contributed by atoms with van der Waals surface area (Å²) in [5, 5.41) is 4.56. The third-order valence-electron chi connectivity index (χ3n) is 4.37. The van der Waals surface area contributed by atoms with Crippen molar-refractivity contribution in [3.8, 4) is 0 Å². The molecule has 1 aliphatic rings. The third-order valence-corrected chi connectivity index (χ3v) is 4.72. The average molecular weight is 367 g/mol. The predicted molar refractivity (Wildman–Crippen MR) is 95.0 cm³/mol. The van der Waals surface area contributed by atoms with Gasteiger partial charge in [-0.3, -0.25) is 9.80 Å². The first-order valence-electron chi connectivity index (χ1n) is 8.53. The molecule has 0 N–H and O–H groups in total. The largest absolute Gasteiger partial charge is 0.338 e. The lowest BCUT2D eigenvalue weighted by Gasteiger charge is -2.34. The number of piperazine rings is 1. The average Bonchev–Trinajstić information content (AvgIpc) is 3.01. The van der Waals surface area contributed by atoms with Crippen molar-refractivity contribution in [1.82, 2.24) is 19.9 Å². The molecule has 1 saturated heterocycles. The van der Waals surface area contributed by atoms with E-state index in [0.717, 1.165) is 44.1 Å². The molecule has 5 nitrogen and oxygen atoms in total. The van der Waals surface area contributed by atoms with E-state index in [9.17, 15) is 4.39 Å². The topological polar surface area (TPSA) is 45.4 Å². The van der Waals surface area contributed by atoms with Crippen LogP contribution in [-0.2, 0) is 18.5 Å². The van der Waals surface area contributed by atoms with Crippen LogP contribution in [-0.4, -0.2) is 46.1 Å². The highest BCUT2D eigenvalue weighted by Gasteiger charge is 2.23. The van der Waals surface area contributed by atoms with E-state index in [1.807, 2.05) is 0 Å². The molecule has 1 aliphatic heterocycles. The van der Waals surface area contributed by atoms with Crippen molar-refractivity contribution >= 4 is 11.6 Å². The van der Waals surface area contributed by atoms with Crippen molar-refractivity contribution in [3.63, 3.8) is 0 Å². The second-order valence-corrected chi connectivity index (χ2v) is 7.96. The zero-order chi connectivity index (χ0) is 18.0. The lowest BCUT2D eigenvalue weighted by Crippen LogP contribution is -2.45. The van der Waals surface area contributed by atoms with Crippen molar-refractivity contribution in [1.29, 1.82) is 0 Å². The van der Waals surface area contributed by atoms with E-state index in [1.54, 1.807) is 6.07 Å². The Bertz CT molecular complexity index is 720. The van der Waals surface area contributed by atoms with Crippen LogP contribution in [0.2, 0.25) is 5.02 Å². The molecular formula is C18H24ClFN4O. The van der Waals surface area contributed by atoms with Gasteiger partial charge in [0.05, 0.1) is 6.54 Å². The zero-order valence-corrected chi connectivity index (χ0v) is 15.7. The van der Waals surface area contributed by atoms with Gasteiger partial charge in [-0.15, -0.1) is 0 Å². The molecule has 2 heterocycles. The van der Waals surface area contributed by atoms with E-state index >= 15 is 0 Å². The van der Waals surface area contributed by atoms with Gasteiger partial charge < -0.3 is 4.52 Å². The monoisotopic (exact) mass is 366 g/mol. The molecule has 3 rings (SSSR count). The smallest absolute Gasteiger partial charge is 0.240 e. The summed E-state index contributed by atoms with van der Waals surface area (Å²) in [5.74, 6) is 1.11. The molecule has 0 atom stereocenters. The first-order chi connectivity index (χ1) is 11.8. The van der Waals surface area contributed by atoms with Gasteiger partial charge in [-0.2, -0.15) is 4.98 Å². The van der Waals surface area contributed by atoms with Crippen molar-refractivity contribution < 1.29 is 8.91 Å². The molecule has 0 amide bonds. The zero-order valence-electron chi connectivity index (χ0n) is 14.9. The van der Waals surface area contributed by atoms with Crippen molar-refractivity contribution in [2.24, 2.45) is 0 Å². The Morgan fingerprint density at radius 2 is 1.76 bits per heavy atom. The highest BCUT2D eigenvalue weighted by Crippen LogP contribution is 2.21. The molecule has 0 spiro atoms. The van der Waals surface area contributed by atoms with Gasteiger partial charge in [0.2, 0.25) is 5.89 Å². The fourth-order valence-corrected chi connectivity index (χ4v) is 3.04. The minimum Gasteiger partial charge on any atom is -0.338 e. The van der Waals surface area contributed by atoms with Crippen molar-refractivity contribution in [2.75, 3.05) is 26.2 Å². The molecule has 25 heavy (non-hydrogen) atoms. The van der Waals surface area contributed by atoms with Crippen LogP contribution < -0.4 is 0 Å². The second-order valence-electron chi connectivity index (χ2n) is 7.55. The Labute approximate surface area is 152 Å². The van der Waals surface area contributed by atoms with Crippen LogP contribution in [0.1, 0.15) is 38.0 Å². The summed E-state index contributed by atoms with van der Waals surface area (Å²) < 4.78 is 18.5. The molecular weight excluding hydrogens is 343 g/mol. The van der Waals surface area contributed by atoms with Gasteiger partial charge in [-0.05, 0) is 17.7 Å². The SMILES string of the molecule is CC(C)(C)c1noc(CN2CCN(Cc3ccc(F)cc3Cl)CC2)n1. The Hall–Kier alpha value is -1.50. The molecule has 1 aromatic heterocycles. The van der Waals surface area contributed by atoms with E-state index in [-0.39, 0.29) is 11.2 Å². The summed E-state index contributed by atoms with van der Waals surface area (Å²) in [6, 6.07) is 4.59. The highest BCUT2D eigenvalue weighted by molar-refractivity contribution is 6.31. The fraction of sp³-hybridized carbons (Fsp3) is 0.556. The minimum atomic E-state index is -0.298. The summed E-state index contributed by atoms with van der Waals surface area (Å²) in [4.78, 5) is 9.13. The molecule has 0 unspecified atom stereocenters. The maximum absolute atomic E-state index is 13.1. The van der Waals surface area contributed by atoms with Crippen LogP contribution in [0.5, 0.6) is 0 Å². The summed E-state index contributed by atoms with van der Waals surface area (Å²) in [6.45, 7) is 11.3. The maximum Gasteiger partial charge on any atom is 0.240 e. The maximum atomic E-state index is 13.1. The first kappa shape index (κ1) is 18.3. The van der Waals surface area contributed by atoms with Crippen LogP contribution in [0.15, 0.2) is 22.7 Å². The van der Waals surface area contributed by atoms with Gasteiger partial charge in [0.15, 0.2) is 5.82 Å². The summed E-state index contributed by atoms with van der Waals surface area (Å²) in [5.41, 5.74) is 0.859. The molecule has 7 heteroatoms. The van der Waals surface area contributed by atoms with E-state index in [0.29, 0.717) is 17.5 Å². The number of benzene rings is 1. The minimum absolute atomic E-state index is 0.102. The number of nitrogens with zero attached hydrogens (tertiary/aromatic N) is 4. The lowest BCUT2D eigenvalue weighted by atomic mass is 9.96. The second kappa shape index (κ2) is 7.40. The van der Waals surface area contributed by atoms with Gasteiger partial charge in [-0.25, -0.2) is 4.39 Å². The van der Waals surface area contributed by atoms with Gasteiger partial charge in [0, 0.05) is 43.2 Å². The van der Waals surface area contributed by atoms with E-state index in [2.05, 4.69) is 40.7 Å². The van der Waals surface area contributed by atoms with Crippen molar-refractivity contribution in [2.45, 2.75) is 39.3 Å². The molecule has 0 aliphatic carbocycles. The Morgan fingerprint density at radius 1 is 1.12 bits per heavy atom. The third kappa shape index (κ3) is 4.77.